The number of nitrogens with zero attached hydrogens (tertiary/aromatic N) is 2. The molecule has 0 aliphatic heterocycles. The van der Waals surface area contributed by atoms with E-state index in [1.165, 1.54) is 54.9 Å². The van der Waals surface area contributed by atoms with Crippen molar-refractivity contribution >= 4 is 29.3 Å². The summed E-state index contributed by atoms with van der Waals surface area (Å²) in [6.07, 6.45) is 1.72. The molecule has 1 heterocycles. The van der Waals surface area contributed by atoms with E-state index in [9.17, 15) is 19.7 Å². The number of thioether (sulfide) groups is 1. The zero-order valence-electron chi connectivity index (χ0n) is 13.8. The number of amides is 1. The van der Waals surface area contributed by atoms with Gasteiger partial charge in [0.25, 0.3) is 11.6 Å². The van der Waals surface area contributed by atoms with Crippen LogP contribution in [0, 0.1) is 17.0 Å². The van der Waals surface area contributed by atoms with Crippen molar-refractivity contribution in [3.63, 3.8) is 0 Å². The van der Waals surface area contributed by atoms with Crippen LogP contribution in [0.3, 0.4) is 0 Å². The Hall–Kier alpha value is -2.81. The number of aromatic carboxylic acids is 1. The van der Waals surface area contributed by atoms with Gasteiger partial charge in [0.1, 0.15) is 17.1 Å². The van der Waals surface area contributed by atoms with Crippen LogP contribution in [0.25, 0.3) is 0 Å². The molecule has 25 heavy (non-hydrogen) atoms. The van der Waals surface area contributed by atoms with Crippen molar-refractivity contribution in [2.45, 2.75) is 18.4 Å². The standard InChI is InChI=1S/C16H16N2O6S/c1-9-12(16(20)21)7-11(24-9)8-17(2)15(19)10-4-5-14(25-3)13(6-10)18(22)23/h4-7H,8H2,1-3H3,(H,20,21). The predicted molar refractivity (Wildman–Crippen MR) is 91.1 cm³/mol. The van der Waals surface area contributed by atoms with Gasteiger partial charge in [-0.3, -0.25) is 14.9 Å². The van der Waals surface area contributed by atoms with Gasteiger partial charge in [-0.05, 0) is 31.4 Å². The van der Waals surface area contributed by atoms with Gasteiger partial charge in [0, 0.05) is 18.7 Å². The molecule has 1 aromatic heterocycles. The van der Waals surface area contributed by atoms with E-state index in [1.54, 1.807) is 6.26 Å². The van der Waals surface area contributed by atoms with Gasteiger partial charge >= 0.3 is 5.97 Å². The summed E-state index contributed by atoms with van der Waals surface area (Å²) in [5.41, 5.74) is 0.0818. The molecule has 132 valence electrons. The van der Waals surface area contributed by atoms with E-state index in [1.807, 2.05) is 0 Å². The Morgan fingerprint density at radius 2 is 2.04 bits per heavy atom. The molecular formula is C16H16N2O6S. The third-order valence-corrected chi connectivity index (χ3v) is 4.35. The Bertz CT molecular complexity index is 845. The van der Waals surface area contributed by atoms with E-state index in [0.29, 0.717) is 10.7 Å². The first kappa shape index (κ1) is 18.5. The second kappa shape index (κ2) is 7.39. The lowest BCUT2D eigenvalue weighted by Gasteiger charge is -2.16. The molecule has 0 saturated carbocycles. The Kier molecular flexibility index (Phi) is 5.48. The van der Waals surface area contributed by atoms with Gasteiger partial charge in [0.2, 0.25) is 0 Å². The SMILES string of the molecule is CSc1ccc(C(=O)N(C)Cc2cc(C(=O)O)c(C)o2)cc1[N+](=O)[O-]. The number of carbonyl (C=O) groups excluding carboxylic acids is 1. The molecule has 2 aromatic rings. The van der Waals surface area contributed by atoms with Gasteiger partial charge in [-0.15, -0.1) is 11.8 Å². The van der Waals surface area contributed by atoms with E-state index >= 15 is 0 Å². The fraction of sp³-hybridized carbons (Fsp3) is 0.250. The molecule has 1 amide bonds. The van der Waals surface area contributed by atoms with Crippen molar-refractivity contribution in [1.82, 2.24) is 4.90 Å². The number of rotatable bonds is 6. The number of benzene rings is 1. The zero-order valence-corrected chi connectivity index (χ0v) is 14.6. The molecule has 0 spiro atoms. The third kappa shape index (κ3) is 4.00. The second-order valence-corrected chi connectivity index (χ2v) is 6.14. The van der Waals surface area contributed by atoms with Crippen molar-refractivity contribution < 1.29 is 24.0 Å². The second-order valence-electron chi connectivity index (χ2n) is 5.29. The van der Waals surface area contributed by atoms with Crippen LogP contribution in [-0.2, 0) is 6.54 Å². The molecular weight excluding hydrogens is 348 g/mol. The number of nitro groups is 1. The number of furan rings is 1. The van der Waals surface area contributed by atoms with Crippen molar-refractivity contribution in [2.75, 3.05) is 13.3 Å². The van der Waals surface area contributed by atoms with Crippen LogP contribution in [0.5, 0.6) is 0 Å². The molecule has 0 aliphatic rings. The molecule has 1 aromatic carbocycles. The molecule has 0 atom stereocenters. The highest BCUT2D eigenvalue weighted by Gasteiger charge is 2.21. The van der Waals surface area contributed by atoms with Gasteiger partial charge in [-0.1, -0.05) is 0 Å². The fourth-order valence-corrected chi connectivity index (χ4v) is 2.87. The van der Waals surface area contributed by atoms with Crippen LogP contribution < -0.4 is 0 Å². The van der Waals surface area contributed by atoms with Crippen LogP contribution in [-0.4, -0.2) is 40.1 Å². The van der Waals surface area contributed by atoms with Gasteiger partial charge in [0.05, 0.1) is 16.4 Å². The van der Waals surface area contributed by atoms with Gasteiger partial charge in [-0.25, -0.2) is 4.79 Å². The summed E-state index contributed by atoms with van der Waals surface area (Å²) in [5.74, 6) is -0.962. The Morgan fingerprint density at radius 1 is 1.36 bits per heavy atom. The van der Waals surface area contributed by atoms with E-state index in [2.05, 4.69) is 0 Å². The highest BCUT2D eigenvalue weighted by Crippen LogP contribution is 2.28. The van der Waals surface area contributed by atoms with Gasteiger partial charge in [0.15, 0.2) is 0 Å². The van der Waals surface area contributed by atoms with Crippen LogP contribution in [0.1, 0.15) is 32.2 Å². The average molecular weight is 364 g/mol. The molecule has 0 saturated heterocycles. The number of hydrogen-bond acceptors (Lipinski definition) is 6. The highest BCUT2D eigenvalue weighted by atomic mass is 32.2. The molecule has 0 unspecified atom stereocenters. The van der Waals surface area contributed by atoms with E-state index in [-0.39, 0.29) is 29.1 Å². The van der Waals surface area contributed by atoms with Gasteiger partial charge < -0.3 is 14.4 Å². The summed E-state index contributed by atoms with van der Waals surface area (Å²) >= 11 is 1.23. The molecule has 1 N–H and O–H groups in total. The summed E-state index contributed by atoms with van der Waals surface area (Å²) in [7, 11) is 1.51. The third-order valence-electron chi connectivity index (χ3n) is 3.56. The molecule has 0 bridgehead atoms. The number of carbonyl (C=O) groups is 2. The monoisotopic (exact) mass is 364 g/mol. The lowest BCUT2D eigenvalue weighted by molar-refractivity contribution is -0.387. The molecule has 8 nitrogen and oxygen atoms in total. The van der Waals surface area contributed by atoms with E-state index in [0.717, 1.165) is 0 Å². The first-order chi connectivity index (χ1) is 11.7. The Balaban J connectivity index is 2.22. The average Bonchev–Trinajstić information content (AvgIpc) is 2.93. The first-order valence-electron chi connectivity index (χ1n) is 7.15. The zero-order chi connectivity index (χ0) is 18.7. The summed E-state index contributed by atoms with van der Waals surface area (Å²) in [5, 5.41) is 20.1. The number of nitro benzene ring substituents is 1. The lowest BCUT2D eigenvalue weighted by atomic mass is 10.1. The first-order valence-corrected chi connectivity index (χ1v) is 8.37. The molecule has 2 rings (SSSR count). The molecule has 9 heteroatoms. The van der Waals surface area contributed by atoms with Crippen LogP contribution >= 0.6 is 11.8 Å². The number of aryl methyl sites for hydroxylation is 1. The molecule has 0 aliphatic carbocycles. The Labute approximate surface area is 147 Å². The summed E-state index contributed by atoms with van der Waals surface area (Å²) < 4.78 is 5.34. The smallest absolute Gasteiger partial charge is 0.339 e. The number of hydrogen-bond donors (Lipinski definition) is 1. The van der Waals surface area contributed by atoms with Crippen LogP contribution in [0.15, 0.2) is 33.6 Å². The summed E-state index contributed by atoms with van der Waals surface area (Å²) in [6.45, 7) is 1.57. The highest BCUT2D eigenvalue weighted by molar-refractivity contribution is 7.98. The molecule has 0 radical (unpaired) electrons. The fourth-order valence-electron chi connectivity index (χ4n) is 2.33. The van der Waals surface area contributed by atoms with Crippen LogP contribution in [0.2, 0.25) is 0 Å². The predicted octanol–water partition coefficient (Wildman–Crippen LogP) is 3.19. The maximum atomic E-state index is 12.5. The minimum absolute atomic E-state index is 0.0378. The van der Waals surface area contributed by atoms with Gasteiger partial charge in [-0.2, -0.15) is 0 Å². The lowest BCUT2D eigenvalue weighted by Crippen LogP contribution is -2.26. The minimum atomic E-state index is -1.11. The topological polar surface area (TPSA) is 114 Å². The van der Waals surface area contributed by atoms with Crippen molar-refractivity contribution in [3.8, 4) is 0 Å². The maximum absolute atomic E-state index is 12.5. The Morgan fingerprint density at radius 3 is 2.56 bits per heavy atom. The van der Waals surface area contributed by atoms with Crippen LogP contribution in [0.4, 0.5) is 5.69 Å². The minimum Gasteiger partial charge on any atom is -0.478 e. The number of carboxylic acids is 1. The van der Waals surface area contributed by atoms with Crippen molar-refractivity contribution in [2.24, 2.45) is 0 Å². The summed E-state index contributed by atoms with van der Waals surface area (Å²) in [4.78, 5) is 35.9. The summed E-state index contributed by atoms with van der Waals surface area (Å²) in [6, 6.07) is 5.65. The van der Waals surface area contributed by atoms with Crippen molar-refractivity contribution in [3.05, 3.63) is 57.0 Å². The largest absolute Gasteiger partial charge is 0.478 e. The van der Waals surface area contributed by atoms with E-state index < -0.39 is 16.8 Å². The van der Waals surface area contributed by atoms with E-state index in [4.69, 9.17) is 9.52 Å². The number of carboxylic acid groups (broad SMARTS) is 1. The maximum Gasteiger partial charge on any atom is 0.339 e. The van der Waals surface area contributed by atoms with Crippen molar-refractivity contribution in [1.29, 1.82) is 0 Å². The normalized spacial score (nSPS) is 10.5. The quantitative estimate of drug-likeness (QED) is 0.475. The molecule has 0 fully saturated rings.